The number of piperidine rings is 1. The molecular weight excluding hydrogens is 519 g/mol. The van der Waals surface area contributed by atoms with Crippen molar-refractivity contribution in [3.63, 3.8) is 0 Å². The molecule has 1 aromatic heterocycles. The van der Waals surface area contributed by atoms with E-state index in [2.05, 4.69) is 15.6 Å². The molecule has 2 N–H and O–H groups in total. The van der Waals surface area contributed by atoms with E-state index in [-0.39, 0.29) is 35.3 Å². The maximum atomic E-state index is 13.8. The highest BCUT2D eigenvalue weighted by molar-refractivity contribution is 6.30. The normalized spacial score (nSPS) is 23.0. The Bertz CT molecular complexity index is 1540. The van der Waals surface area contributed by atoms with Crippen molar-refractivity contribution in [3.05, 3.63) is 87.8 Å². The maximum absolute atomic E-state index is 13.8. The van der Waals surface area contributed by atoms with Crippen LogP contribution in [0.4, 0.5) is 15.9 Å². The lowest BCUT2D eigenvalue weighted by atomic mass is 9.78. The number of carbonyl (C=O) groups excluding carboxylic acids is 3. The fourth-order valence-electron chi connectivity index (χ4n) is 6.24. The Kier molecular flexibility index (Phi) is 5.99. The lowest BCUT2D eigenvalue weighted by molar-refractivity contribution is -0.150. The number of nitrogens with one attached hydrogen (secondary N) is 2. The number of likely N-dealkylation sites (tertiary alicyclic amines) is 1. The van der Waals surface area contributed by atoms with Crippen molar-refractivity contribution in [2.75, 3.05) is 17.2 Å². The first-order valence-corrected chi connectivity index (χ1v) is 13.4. The summed E-state index contributed by atoms with van der Waals surface area (Å²) in [5.74, 6) is -0.448. The third kappa shape index (κ3) is 4.27. The monoisotopic (exact) mass is 546 g/mol. The van der Waals surface area contributed by atoms with E-state index in [0.717, 1.165) is 16.7 Å². The van der Waals surface area contributed by atoms with Crippen LogP contribution in [0.3, 0.4) is 0 Å². The van der Waals surface area contributed by atoms with Gasteiger partial charge in [-0.05, 0) is 72.7 Å². The van der Waals surface area contributed by atoms with Gasteiger partial charge in [-0.2, -0.15) is 0 Å². The molecule has 2 atom stereocenters. The van der Waals surface area contributed by atoms with Gasteiger partial charge in [0, 0.05) is 22.9 Å². The van der Waals surface area contributed by atoms with Gasteiger partial charge in [-0.3, -0.25) is 14.4 Å². The predicted molar refractivity (Wildman–Crippen MR) is 146 cm³/mol. The van der Waals surface area contributed by atoms with Gasteiger partial charge in [0.25, 0.3) is 0 Å². The van der Waals surface area contributed by atoms with Crippen molar-refractivity contribution >= 4 is 40.8 Å². The van der Waals surface area contributed by atoms with Crippen LogP contribution in [0.1, 0.15) is 55.0 Å². The molecule has 9 heteroatoms. The third-order valence-electron chi connectivity index (χ3n) is 8.37. The molecule has 1 aliphatic carbocycles. The van der Waals surface area contributed by atoms with E-state index >= 15 is 0 Å². The number of aromatic nitrogens is 1. The number of nitrogens with zero attached hydrogens (tertiary/aromatic N) is 2. The van der Waals surface area contributed by atoms with E-state index in [1.54, 1.807) is 17.2 Å². The van der Waals surface area contributed by atoms with Crippen molar-refractivity contribution < 1.29 is 18.8 Å². The van der Waals surface area contributed by atoms with E-state index in [1.165, 1.54) is 12.1 Å². The number of halogens is 2. The van der Waals surface area contributed by atoms with Gasteiger partial charge in [0.1, 0.15) is 18.2 Å². The average molecular weight is 547 g/mol. The molecule has 3 amide bonds. The zero-order valence-electron chi connectivity index (χ0n) is 21.7. The average Bonchev–Trinajstić information content (AvgIpc) is 3.41. The maximum Gasteiger partial charge on any atom is 0.244 e. The molecule has 7 nitrogen and oxygen atoms in total. The van der Waals surface area contributed by atoms with E-state index in [1.807, 2.05) is 44.2 Å². The number of carbonyl (C=O) groups is 3. The van der Waals surface area contributed by atoms with Gasteiger partial charge in [-0.1, -0.05) is 43.6 Å². The van der Waals surface area contributed by atoms with Crippen molar-refractivity contribution in [3.8, 4) is 0 Å². The second kappa shape index (κ2) is 9.16. The molecule has 6 rings (SSSR count). The van der Waals surface area contributed by atoms with Gasteiger partial charge >= 0.3 is 0 Å². The molecule has 3 aromatic rings. The van der Waals surface area contributed by atoms with E-state index in [0.29, 0.717) is 42.8 Å². The molecule has 0 bridgehead atoms. The summed E-state index contributed by atoms with van der Waals surface area (Å²) in [6.07, 6.45) is 4.02. The van der Waals surface area contributed by atoms with Crippen LogP contribution in [-0.4, -0.2) is 34.2 Å². The Hall–Kier alpha value is -3.78. The van der Waals surface area contributed by atoms with Gasteiger partial charge in [0.15, 0.2) is 0 Å². The molecule has 0 unspecified atom stereocenters. The second-order valence-corrected chi connectivity index (χ2v) is 11.8. The summed E-state index contributed by atoms with van der Waals surface area (Å²) >= 11 is 6.03. The number of pyridine rings is 1. The largest absolute Gasteiger partial charge is 0.326 e. The molecule has 1 saturated heterocycles. The van der Waals surface area contributed by atoms with E-state index in [9.17, 15) is 18.8 Å². The molecule has 39 heavy (non-hydrogen) atoms. The minimum atomic E-state index is -0.690. The molecule has 2 aliphatic heterocycles. The van der Waals surface area contributed by atoms with Gasteiger partial charge in [0.2, 0.25) is 17.7 Å². The fraction of sp³-hybridized carbons (Fsp3) is 0.333. The highest BCUT2D eigenvalue weighted by Gasteiger charge is 2.51. The van der Waals surface area contributed by atoms with Crippen molar-refractivity contribution in [1.29, 1.82) is 0 Å². The quantitative estimate of drug-likeness (QED) is 0.471. The Morgan fingerprint density at radius 1 is 1.15 bits per heavy atom. The Morgan fingerprint density at radius 3 is 2.74 bits per heavy atom. The minimum Gasteiger partial charge on any atom is -0.326 e. The zero-order chi connectivity index (χ0) is 27.5. The minimum absolute atomic E-state index is 0.0144. The van der Waals surface area contributed by atoms with E-state index in [4.69, 9.17) is 11.6 Å². The molecule has 200 valence electrons. The van der Waals surface area contributed by atoms with Crippen LogP contribution in [0.15, 0.2) is 54.7 Å². The molecular formula is C30H28ClFN4O3. The van der Waals surface area contributed by atoms with Crippen molar-refractivity contribution in [2.45, 2.75) is 51.0 Å². The Balaban J connectivity index is 1.21. The number of fused-ring (bicyclic) bond motifs is 3. The summed E-state index contributed by atoms with van der Waals surface area (Å²) in [6.45, 7) is 3.60. The van der Waals surface area contributed by atoms with Crippen LogP contribution >= 0.6 is 11.6 Å². The molecule has 1 fully saturated rings. The molecule has 1 spiro atoms. The summed E-state index contributed by atoms with van der Waals surface area (Å²) < 4.78 is 13.8. The lowest BCUT2D eigenvalue weighted by Gasteiger charge is -2.43. The summed E-state index contributed by atoms with van der Waals surface area (Å²) in [4.78, 5) is 45.5. The predicted octanol–water partition coefficient (Wildman–Crippen LogP) is 5.19. The molecule has 0 saturated carbocycles. The first-order chi connectivity index (χ1) is 18.6. The van der Waals surface area contributed by atoms with Gasteiger partial charge in [0.05, 0.1) is 16.5 Å². The standard InChI is InChI=1S/C30H28ClFN4O3/c1-29(2)10-9-24(17-6-8-23(32)22(31)13-17)36(28(29)39)16-25(37)34-20-7-5-18-14-30(15-19(18)12-20)21-4-3-11-33-26(21)35-27(30)38/h3-8,11-13,24H,9-10,14-16H2,1-2H3,(H,34,37)(H,33,35,38)/t24-,30+/m0/s1. The van der Waals surface area contributed by atoms with Crippen molar-refractivity contribution in [2.24, 2.45) is 5.41 Å². The number of anilines is 2. The summed E-state index contributed by atoms with van der Waals surface area (Å²) in [5, 5.41) is 5.83. The highest BCUT2D eigenvalue weighted by Crippen LogP contribution is 2.47. The fourth-order valence-corrected chi connectivity index (χ4v) is 6.43. The highest BCUT2D eigenvalue weighted by atomic mass is 35.5. The lowest BCUT2D eigenvalue weighted by Crippen LogP contribution is -2.50. The number of rotatable bonds is 4. The smallest absolute Gasteiger partial charge is 0.244 e. The topological polar surface area (TPSA) is 91.4 Å². The van der Waals surface area contributed by atoms with Gasteiger partial charge in [-0.25, -0.2) is 9.37 Å². The summed E-state index contributed by atoms with van der Waals surface area (Å²) in [7, 11) is 0. The first kappa shape index (κ1) is 25.5. The van der Waals surface area contributed by atoms with Crippen LogP contribution in [0.25, 0.3) is 0 Å². The summed E-state index contributed by atoms with van der Waals surface area (Å²) in [6, 6.07) is 13.5. The number of hydrogen-bond acceptors (Lipinski definition) is 4. The van der Waals surface area contributed by atoms with Gasteiger partial charge in [-0.15, -0.1) is 0 Å². The molecule has 3 heterocycles. The van der Waals surface area contributed by atoms with Crippen LogP contribution in [0.5, 0.6) is 0 Å². The Labute approximate surface area is 230 Å². The first-order valence-electron chi connectivity index (χ1n) is 13.0. The molecule has 3 aliphatic rings. The number of amides is 3. The van der Waals surface area contributed by atoms with E-state index < -0.39 is 16.6 Å². The molecule has 2 aromatic carbocycles. The van der Waals surface area contributed by atoms with Crippen molar-refractivity contribution in [1.82, 2.24) is 9.88 Å². The summed E-state index contributed by atoms with van der Waals surface area (Å²) in [5.41, 5.74) is 2.94. The van der Waals surface area contributed by atoms with Crippen LogP contribution in [0.2, 0.25) is 5.02 Å². The van der Waals surface area contributed by atoms with Crippen LogP contribution in [0, 0.1) is 11.2 Å². The Morgan fingerprint density at radius 2 is 1.95 bits per heavy atom. The van der Waals surface area contributed by atoms with Gasteiger partial charge < -0.3 is 15.5 Å². The number of hydrogen-bond donors (Lipinski definition) is 2. The number of benzene rings is 2. The van der Waals surface area contributed by atoms with Crippen LogP contribution in [-0.2, 0) is 32.6 Å². The van der Waals surface area contributed by atoms with Crippen LogP contribution < -0.4 is 10.6 Å². The SMILES string of the molecule is CC1(C)CC[C@@H](c2ccc(F)c(Cl)c2)N(CC(=O)Nc2ccc3c(c2)C[C@@]2(C3)C(=O)Nc3ncccc32)C1=O. The third-order valence-corrected chi connectivity index (χ3v) is 8.66. The zero-order valence-corrected chi connectivity index (χ0v) is 22.4. The molecule has 0 radical (unpaired) electrons. The second-order valence-electron chi connectivity index (χ2n) is 11.4.